The zero-order valence-corrected chi connectivity index (χ0v) is 16.1. The molecule has 0 saturated heterocycles. The fraction of sp³-hybridized carbons (Fsp3) is 0.350. The Bertz CT molecular complexity index is 830. The fourth-order valence-corrected chi connectivity index (χ4v) is 2.44. The van der Waals surface area contributed by atoms with Crippen LogP contribution in [-0.4, -0.2) is 22.5 Å². The SMILES string of the molecule is CC(=O)CC/C(=C\c1cc(-c2ccccc2Cl)no1)C(=O)OC(C)(C)C. The maximum Gasteiger partial charge on any atom is 0.334 e. The van der Waals surface area contributed by atoms with E-state index in [4.69, 9.17) is 20.9 Å². The van der Waals surface area contributed by atoms with Gasteiger partial charge in [-0.15, -0.1) is 0 Å². The van der Waals surface area contributed by atoms with Gasteiger partial charge in [0.05, 0.1) is 5.02 Å². The highest BCUT2D eigenvalue weighted by atomic mass is 35.5. The topological polar surface area (TPSA) is 69.4 Å². The Morgan fingerprint density at radius 1 is 1.23 bits per heavy atom. The molecule has 0 radical (unpaired) electrons. The molecule has 0 saturated carbocycles. The van der Waals surface area contributed by atoms with Gasteiger partial charge in [-0.3, -0.25) is 0 Å². The summed E-state index contributed by atoms with van der Waals surface area (Å²) in [6.07, 6.45) is 2.08. The average molecular weight is 376 g/mol. The van der Waals surface area contributed by atoms with Gasteiger partial charge in [-0.1, -0.05) is 35.0 Å². The summed E-state index contributed by atoms with van der Waals surface area (Å²) in [5.41, 5.74) is 1.03. The largest absolute Gasteiger partial charge is 0.457 e. The number of carbonyl (C=O) groups excluding carboxylic acids is 2. The van der Waals surface area contributed by atoms with E-state index in [9.17, 15) is 9.59 Å². The van der Waals surface area contributed by atoms with Gasteiger partial charge in [-0.25, -0.2) is 4.79 Å². The molecule has 0 N–H and O–H groups in total. The van der Waals surface area contributed by atoms with Crippen molar-refractivity contribution in [2.45, 2.75) is 46.1 Å². The smallest absolute Gasteiger partial charge is 0.334 e. The number of aromatic nitrogens is 1. The monoisotopic (exact) mass is 375 g/mol. The molecule has 6 heteroatoms. The van der Waals surface area contributed by atoms with Crippen molar-refractivity contribution in [2.24, 2.45) is 0 Å². The van der Waals surface area contributed by atoms with Crippen LogP contribution in [0, 0.1) is 0 Å². The molecule has 1 aromatic carbocycles. The molecule has 0 aliphatic rings. The third kappa shape index (κ3) is 5.85. The minimum Gasteiger partial charge on any atom is -0.457 e. The summed E-state index contributed by atoms with van der Waals surface area (Å²) in [5, 5.41) is 4.56. The third-order valence-electron chi connectivity index (χ3n) is 3.40. The third-order valence-corrected chi connectivity index (χ3v) is 3.73. The van der Waals surface area contributed by atoms with Gasteiger partial charge in [-0.2, -0.15) is 0 Å². The lowest BCUT2D eigenvalue weighted by Crippen LogP contribution is -2.25. The van der Waals surface area contributed by atoms with Crippen LogP contribution in [0.1, 0.15) is 46.3 Å². The van der Waals surface area contributed by atoms with Gasteiger partial charge in [0.1, 0.15) is 17.1 Å². The van der Waals surface area contributed by atoms with Gasteiger partial charge in [0.25, 0.3) is 0 Å². The Hall–Kier alpha value is -2.40. The molecule has 0 spiro atoms. The zero-order valence-electron chi connectivity index (χ0n) is 15.3. The maximum atomic E-state index is 12.4. The van der Waals surface area contributed by atoms with E-state index < -0.39 is 11.6 Å². The zero-order chi connectivity index (χ0) is 19.3. The number of ether oxygens (including phenoxy) is 1. The van der Waals surface area contributed by atoms with Crippen LogP contribution in [0.4, 0.5) is 0 Å². The quantitative estimate of drug-likeness (QED) is 0.519. The molecule has 0 aliphatic carbocycles. The van der Waals surface area contributed by atoms with E-state index in [-0.39, 0.29) is 18.6 Å². The van der Waals surface area contributed by atoms with Crippen molar-refractivity contribution in [2.75, 3.05) is 0 Å². The first-order chi connectivity index (χ1) is 12.2. The molecule has 5 nitrogen and oxygen atoms in total. The van der Waals surface area contributed by atoms with Crippen LogP contribution in [0.25, 0.3) is 17.3 Å². The van der Waals surface area contributed by atoms with Gasteiger partial charge < -0.3 is 14.1 Å². The number of hydrogen-bond donors (Lipinski definition) is 0. The van der Waals surface area contributed by atoms with E-state index in [1.54, 1.807) is 39.0 Å². The molecule has 138 valence electrons. The molecule has 1 heterocycles. The number of ketones is 1. The molecule has 26 heavy (non-hydrogen) atoms. The van der Waals surface area contributed by atoms with Crippen LogP contribution in [0.5, 0.6) is 0 Å². The minimum atomic E-state index is -0.628. The summed E-state index contributed by atoms with van der Waals surface area (Å²) in [6, 6.07) is 8.97. The van der Waals surface area contributed by atoms with Crippen molar-refractivity contribution in [3.8, 4) is 11.3 Å². The van der Waals surface area contributed by atoms with Crippen LogP contribution in [0.15, 0.2) is 40.4 Å². The van der Waals surface area contributed by atoms with E-state index in [2.05, 4.69) is 5.16 Å². The number of rotatable bonds is 6. The van der Waals surface area contributed by atoms with Crippen molar-refractivity contribution in [1.82, 2.24) is 5.16 Å². The maximum absolute atomic E-state index is 12.4. The van der Waals surface area contributed by atoms with Gasteiger partial charge >= 0.3 is 5.97 Å². The standard InChI is InChI=1S/C20H22ClNO4/c1-13(23)9-10-14(19(24)25-20(2,3)4)11-15-12-18(22-26-15)16-7-5-6-8-17(16)21/h5-8,11-12H,9-10H2,1-4H3/b14-11+. The van der Waals surface area contributed by atoms with Crippen LogP contribution < -0.4 is 0 Å². The summed E-state index contributed by atoms with van der Waals surface area (Å²) in [7, 11) is 0. The predicted molar refractivity (Wildman–Crippen MR) is 101 cm³/mol. The first-order valence-corrected chi connectivity index (χ1v) is 8.68. The molecule has 0 unspecified atom stereocenters. The molecule has 2 aromatic rings. The number of halogens is 1. The van der Waals surface area contributed by atoms with Crippen molar-refractivity contribution in [1.29, 1.82) is 0 Å². The van der Waals surface area contributed by atoms with E-state index in [0.717, 1.165) is 5.56 Å². The van der Waals surface area contributed by atoms with E-state index in [0.29, 0.717) is 22.0 Å². The highest BCUT2D eigenvalue weighted by Gasteiger charge is 2.21. The molecule has 0 bridgehead atoms. The van der Waals surface area contributed by atoms with Crippen molar-refractivity contribution >= 4 is 29.4 Å². The average Bonchev–Trinajstić information content (AvgIpc) is 2.98. The molecule has 1 aromatic heterocycles. The fourth-order valence-electron chi connectivity index (χ4n) is 2.21. The molecule has 0 amide bonds. The van der Waals surface area contributed by atoms with E-state index in [1.165, 1.54) is 6.92 Å². The lowest BCUT2D eigenvalue weighted by atomic mass is 10.1. The molecule has 0 atom stereocenters. The summed E-state index contributed by atoms with van der Waals surface area (Å²) in [4.78, 5) is 23.7. The van der Waals surface area contributed by atoms with Crippen molar-refractivity contribution < 1.29 is 18.8 Å². The Labute approximate surface area is 158 Å². The van der Waals surface area contributed by atoms with Crippen molar-refractivity contribution in [3.05, 3.63) is 46.7 Å². The minimum absolute atomic E-state index is 0.00575. The first kappa shape index (κ1) is 19.9. The lowest BCUT2D eigenvalue weighted by Gasteiger charge is -2.20. The Morgan fingerprint density at radius 3 is 2.54 bits per heavy atom. The second kappa shape index (κ2) is 8.32. The van der Waals surface area contributed by atoms with Gasteiger partial charge in [-0.05, 0) is 46.3 Å². The van der Waals surface area contributed by atoms with Crippen LogP contribution in [0.2, 0.25) is 5.02 Å². The molecule has 0 aliphatic heterocycles. The Balaban J connectivity index is 2.30. The molecule has 2 rings (SSSR count). The lowest BCUT2D eigenvalue weighted by molar-refractivity contribution is -0.149. The number of Topliss-reactive ketones (excluding diaryl/α,β-unsaturated/α-hetero) is 1. The summed E-state index contributed by atoms with van der Waals surface area (Å²) in [5.74, 6) is -0.0902. The van der Waals surface area contributed by atoms with Crippen LogP contribution >= 0.6 is 11.6 Å². The molecular weight excluding hydrogens is 354 g/mol. The number of esters is 1. The van der Waals surface area contributed by atoms with Gasteiger partial charge in [0, 0.05) is 23.6 Å². The first-order valence-electron chi connectivity index (χ1n) is 8.30. The molecule has 0 fully saturated rings. The number of carbonyl (C=O) groups is 2. The predicted octanol–water partition coefficient (Wildman–Crippen LogP) is 5.09. The number of nitrogens with zero attached hydrogens (tertiary/aromatic N) is 1. The number of hydrogen-bond acceptors (Lipinski definition) is 5. The second-order valence-corrected chi connectivity index (χ2v) is 7.38. The summed E-state index contributed by atoms with van der Waals surface area (Å²) >= 11 is 6.17. The highest BCUT2D eigenvalue weighted by Crippen LogP contribution is 2.28. The summed E-state index contributed by atoms with van der Waals surface area (Å²) in [6.45, 7) is 6.85. The normalized spacial score (nSPS) is 12.1. The Kier molecular flexibility index (Phi) is 6.37. The highest BCUT2D eigenvalue weighted by molar-refractivity contribution is 6.33. The van der Waals surface area contributed by atoms with Crippen LogP contribution in [0.3, 0.4) is 0 Å². The van der Waals surface area contributed by atoms with E-state index >= 15 is 0 Å². The summed E-state index contributed by atoms with van der Waals surface area (Å²) < 4.78 is 10.7. The van der Waals surface area contributed by atoms with Gasteiger partial charge in [0.15, 0.2) is 5.76 Å². The van der Waals surface area contributed by atoms with Gasteiger partial charge in [0.2, 0.25) is 0 Å². The second-order valence-electron chi connectivity index (χ2n) is 6.97. The molecular formula is C20H22ClNO4. The van der Waals surface area contributed by atoms with Crippen molar-refractivity contribution in [3.63, 3.8) is 0 Å². The Morgan fingerprint density at radius 2 is 1.92 bits per heavy atom. The van der Waals surface area contributed by atoms with E-state index in [1.807, 2.05) is 18.2 Å². The van der Waals surface area contributed by atoms with Crippen LogP contribution in [-0.2, 0) is 14.3 Å². The number of benzene rings is 1.